The first kappa shape index (κ1) is 20.4. The number of nitrogens with zero attached hydrogens (tertiary/aromatic N) is 4. The van der Waals surface area contributed by atoms with Crippen molar-refractivity contribution in [3.05, 3.63) is 29.2 Å². The Balaban J connectivity index is 1.32. The fourth-order valence-electron chi connectivity index (χ4n) is 4.08. The van der Waals surface area contributed by atoms with E-state index in [-0.39, 0.29) is 30.1 Å². The van der Waals surface area contributed by atoms with Crippen molar-refractivity contribution in [1.29, 1.82) is 0 Å². The summed E-state index contributed by atoms with van der Waals surface area (Å²) in [5, 5.41) is 14.3. The number of aromatic nitrogens is 4. The van der Waals surface area contributed by atoms with Crippen molar-refractivity contribution >= 4 is 17.8 Å². The molecule has 10 heteroatoms. The van der Waals surface area contributed by atoms with Crippen molar-refractivity contribution in [3.8, 4) is 0 Å². The second-order valence-electron chi connectivity index (χ2n) is 8.09. The Hall–Kier alpha value is -2.88. The van der Waals surface area contributed by atoms with Gasteiger partial charge >= 0.3 is 6.09 Å². The number of ether oxygens (including phenoxy) is 2. The van der Waals surface area contributed by atoms with Crippen molar-refractivity contribution in [3.63, 3.8) is 0 Å². The topological polar surface area (TPSA) is 114 Å². The monoisotopic (exact) mass is 416 g/mol. The van der Waals surface area contributed by atoms with E-state index in [4.69, 9.17) is 9.47 Å². The van der Waals surface area contributed by atoms with E-state index < -0.39 is 0 Å². The van der Waals surface area contributed by atoms with Crippen LogP contribution in [0.15, 0.2) is 12.1 Å². The third-order valence-corrected chi connectivity index (χ3v) is 5.94. The van der Waals surface area contributed by atoms with E-state index in [0.29, 0.717) is 23.8 Å². The van der Waals surface area contributed by atoms with E-state index in [1.54, 1.807) is 25.1 Å². The van der Waals surface area contributed by atoms with E-state index in [0.717, 1.165) is 37.9 Å². The van der Waals surface area contributed by atoms with Crippen LogP contribution in [0, 0.1) is 0 Å². The minimum Gasteiger partial charge on any atom is -0.446 e. The smallest absolute Gasteiger partial charge is 0.410 e. The number of rotatable bonds is 6. The van der Waals surface area contributed by atoms with Gasteiger partial charge < -0.3 is 19.7 Å². The maximum atomic E-state index is 12.6. The molecular weight excluding hydrogens is 388 g/mol. The summed E-state index contributed by atoms with van der Waals surface area (Å²) < 4.78 is 12.2. The maximum Gasteiger partial charge on any atom is 0.410 e. The van der Waals surface area contributed by atoms with Gasteiger partial charge in [0.15, 0.2) is 5.82 Å². The number of hydrogen-bond donors (Lipinski definition) is 2. The van der Waals surface area contributed by atoms with Crippen LogP contribution in [0.1, 0.15) is 60.4 Å². The first-order chi connectivity index (χ1) is 14.4. The lowest BCUT2D eigenvalue weighted by Gasteiger charge is -2.38. The number of methoxy groups -OCH3 is 1. The van der Waals surface area contributed by atoms with Crippen molar-refractivity contribution < 1.29 is 19.1 Å². The molecule has 0 aromatic carbocycles. The molecule has 2 aliphatic rings. The van der Waals surface area contributed by atoms with Crippen LogP contribution in [-0.2, 0) is 23.1 Å². The third kappa shape index (κ3) is 4.18. The van der Waals surface area contributed by atoms with Gasteiger partial charge in [-0.05, 0) is 38.7 Å². The Morgan fingerprint density at radius 2 is 2.13 bits per heavy atom. The summed E-state index contributed by atoms with van der Waals surface area (Å²) in [5.41, 5.74) is 2.05. The Labute approximate surface area is 174 Å². The summed E-state index contributed by atoms with van der Waals surface area (Å²) in [7, 11) is 3.30. The normalized spacial score (nSPS) is 23.3. The second kappa shape index (κ2) is 8.47. The number of hydrogen-bond acceptors (Lipinski definition) is 6. The van der Waals surface area contributed by atoms with Crippen molar-refractivity contribution in [2.45, 2.75) is 57.3 Å². The van der Waals surface area contributed by atoms with E-state index in [1.807, 2.05) is 13.0 Å². The molecule has 2 aromatic rings. The highest BCUT2D eigenvalue weighted by Gasteiger charge is 2.34. The third-order valence-electron chi connectivity index (χ3n) is 5.94. The van der Waals surface area contributed by atoms with Crippen molar-refractivity contribution in [2.75, 3.05) is 19.0 Å². The average molecular weight is 416 g/mol. The molecule has 0 radical (unpaired) electrons. The molecule has 1 aliphatic heterocycles. The van der Waals surface area contributed by atoms with Crippen LogP contribution in [0.25, 0.3) is 0 Å². The van der Waals surface area contributed by atoms with Gasteiger partial charge in [-0.15, -0.1) is 0 Å². The number of amides is 2. The molecular formula is C20H28N6O4. The molecule has 1 saturated heterocycles. The van der Waals surface area contributed by atoms with Gasteiger partial charge in [-0.1, -0.05) is 0 Å². The summed E-state index contributed by atoms with van der Waals surface area (Å²) in [5.74, 6) is 0.395. The second-order valence-corrected chi connectivity index (χ2v) is 8.09. The Kier molecular flexibility index (Phi) is 5.76. The van der Waals surface area contributed by atoms with Crippen LogP contribution >= 0.6 is 0 Å². The molecule has 3 heterocycles. The summed E-state index contributed by atoms with van der Waals surface area (Å²) in [6.45, 7) is 3.16. The Morgan fingerprint density at radius 1 is 1.30 bits per heavy atom. The number of likely N-dealkylation sites (tertiary alicyclic amines) is 1. The van der Waals surface area contributed by atoms with Gasteiger partial charge in [-0.3, -0.25) is 14.6 Å². The molecule has 2 aromatic heterocycles. The number of nitrogens with one attached hydrogen (secondary N) is 2. The molecule has 3 atom stereocenters. The molecule has 162 valence electrons. The number of carbonyl (C=O) groups is 2. The summed E-state index contributed by atoms with van der Waals surface area (Å²) in [6.07, 6.45) is 3.25. The highest BCUT2D eigenvalue weighted by atomic mass is 16.6. The quantitative estimate of drug-likeness (QED) is 0.747. The molecule has 0 spiro atoms. The minimum atomic E-state index is -0.285. The predicted molar refractivity (Wildman–Crippen MR) is 108 cm³/mol. The highest BCUT2D eigenvalue weighted by Crippen LogP contribution is 2.36. The number of H-pyrrole nitrogens is 1. The number of anilines is 1. The Bertz CT molecular complexity index is 922. The van der Waals surface area contributed by atoms with Gasteiger partial charge in [-0.2, -0.15) is 10.2 Å². The number of aryl methyl sites for hydroxylation is 1. The first-order valence-corrected chi connectivity index (χ1v) is 10.3. The predicted octanol–water partition coefficient (Wildman–Crippen LogP) is 2.41. The largest absolute Gasteiger partial charge is 0.446 e. The van der Waals surface area contributed by atoms with Crippen LogP contribution in [0.2, 0.25) is 0 Å². The summed E-state index contributed by atoms with van der Waals surface area (Å²) >= 11 is 0. The zero-order valence-electron chi connectivity index (χ0n) is 17.6. The summed E-state index contributed by atoms with van der Waals surface area (Å²) in [4.78, 5) is 26.5. The molecule has 1 aliphatic carbocycles. The first-order valence-electron chi connectivity index (χ1n) is 10.3. The summed E-state index contributed by atoms with van der Waals surface area (Å²) in [6, 6.07) is 3.82. The lowest BCUT2D eigenvalue weighted by atomic mass is 10.0. The van der Waals surface area contributed by atoms with E-state index in [1.165, 1.54) is 4.68 Å². The lowest BCUT2D eigenvalue weighted by Crippen LogP contribution is -2.50. The minimum absolute atomic E-state index is 0.0784. The molecule has 0 unspecified atom stereocenters. The average Bonchev–Trinajstić information content (AvgIpc) is 3.41. The van der Waals surface area contributed by atoms with Gasteiger partial charge in [0.2, 0.25) is 0 Å². The highest BCUT2D eigenvalue weighted by molar-refractivity contribution is 6.02. The van der Waals surface area contributed by atoms with E-state index in [9.17, 15) is 9.59 Å². The molecule has 2 N–H and O–H groups in total. The van der Waals surface area contributed by atoms with Crippen LogP contribution in [0.3, 0.4) is 0 Å². The van der Waals surface area contributed by atoms with Crippen LogP contribution in [0.4, 0.5) is 10.6 Å². The zero-order chi connectivity index (χ0) is 21.3. The fraction of sp³-hybridized carbons (Fsp3) is 0.600. The zero-order valence-corrected chi connectivity index (χ0v) is 17.6. The van der Waals surface area contributed by atoms with Gasteiger partial charge in [-0.25, -0.2) is 4.79 Å². The lowest BCUT2D eigenvalue weighted by molar-refractivity contribution is 0.0281. The van der Waals surface area contributed by atoms with E-state index >= 15 is 0 Å². The molecule has 4 rings (SSSR count). The van der Waals surface area contributed by atoms with Crippen LogP contribution in [-0.4, -0.2) is 62.7 Å². The Morgan fingerprint density at radius 3 is 2.83 bits per heavy atom. The number of carbonyl (C=O) groups excluding carboxylic acids is 2. The SMILES string of the molecule is COCc1cc(C(=O)Nc2cc([C@H]3CC[C@@H](OC(=O)N4CC[C@@H]4C)C3)[nH]n2)n(C)n1. The van der Waals surface area contributed by atoms with Crippen LogP contribution in [0.5, 0.6) is 0 Å². The van der Waals surface area contributed by atoms with E-state index in [2.05, 4.69) is 20.6 Å². The fourth-order valence-corrected chi connectivity index (χ4v) is 4.08. The molecule has 1 saturated carbocycles. The molecule has 2 amide bonds. The number of aromatic amines is 1. The van der Waals surface area contributed by atoms with Gasteiger partial charge in [0.25, 0.3) is 5.91 Å². The van der Waals surface area contributed by atoms with Crippen LogP contribution < -0.4 is 5.32 Å². The molecule has 0 bridgehead atoms. The molecule has 10 nitrogen and oxygen atoms in total. The maximum absolute atomic E-state index is 12.6. The molecule has 2 fully saturated rings. The van der Waals surface area contributed by atoms with Crippen molar-refractivity contribution in [1.82, 2.24) is 24.9 Å². The standard InChI is InChI=1S/C20H28N6O4/c1-12-6-7-26(12)20(28)30-15-5-4-13(8-15)16-10-18(23-22-16)21-19(27)17-9-14(11-29-3)24-25(17)2/h9-10,12-13,15H,4-8,11H2,1-3H3,(H2,21,22,23,27)/t12-,13-,15+/m0/s1. The molecule has 30 heavy (non-hydrogen) atoms. The van der Waals surface area contributed by atoms with Gasteiger partial charge in [0.05, 0.1) is 12.3 Å². The van der Waals surface area contributed by atoms with Gasteiger partial charge in [0, 0.05) is 44.4 Å². The van der Waals surface area contributed by atoms with Gasteiger partial charge in [0.1, 0.15) is 11.8 Å². The van der Waals surface area contributed by atoms with Crippen molar-refractivity contribution in [2.24, 2.45) is 7.05 Å².